The maximum atomic E-state index is 13.1. The zero-order valence-electron chi connectivity index (χ0n) is 18.4. The molecule has 1 aliphatic rings. The smallest absolute Gasteiger partial charge is 0.310 e. The number of amides is 3. The van der Waals surface area contributed by atoms with Crippen molar-refractivity contribution >= 4 is 29.4 Å². The zero-order chi connectivity index (χ0) is 22.9. The number of hydrogen-bond acceptors (Lipinski definition) is 5. The van der Waals surface area contributed by atoms with Crippen LogP contribution in [0.3, 0.4) is 0 Å². The standard InChI is InChI=1S/C24H26N2O5/c1-6-25(13-16(4)24(30)31-5)21(27)17-9-10-18-19(12-17)23(29)26(22(18)28)20-11-14(2)7-8-15(20)3/h7-12,16H,6,13H2,1-5H3. The van der Waals surface area contributed by atoms with E-state index in [0.29, 0.717) is 17.8 Å². The lowest BCUT2D eigenvalue weighted by Gasteiger charge is -2.23. The van der Waals surface area contributed by atoms with Gasteiger partial charge in [-0.15, -0.1) is 0 Å². The molecule has 7 nitrogen and oxygen atoms in total. The number of carbonyl (C=O) groups is 4. The summed E-state index contributed by atoms with van der Waals surface area (Å²) in [6.45, 7) is 7.82. The van der Waals surface area contributed by atoms with Gasteiger partial charge in [0.25, 0.3) is 17.7 Å². The minimum Gasteiger partial charge on any atom is -0.469 e. The molecule has 0 saturated carbocycles. The van der Waals surface area contributed by atoms with Crippen LogP contribution in [-0.2, 0) is 9.53 Å². The Labute approximate surface area is 181 Å². The Bertz CT molecular complexity index is 1080. The SMILES string of the molecule is CCN(CC(C)C(=O)OC)C(=O)c1ccc2c(c1)C(=O)N(c1cc(C)ccc1C)C2=O. The molecule has 7 heteroatoms. The Morgan fingerprint density at radius 1 is 1.03 bits per heavy atom. The van der Waals surface area contributed by atoms with E-state index in [4.69, 9.17) is 4.74 Å². The predicted molar refractivity (Wildman–Crippen MR) is 116 cm³/mol. The molecule has 0 aromatic heterocycles. The molecule has 31 heavy (non-hydrogen) atoms. The molecule has 0 saturated heterocycles. The van der Waals surface area contributed by atoms with E-state index >= 15 is 0 Å². The van der Waals surface area contributed by atoms with E-state index < -0.39 is 23.7 Å². The third-order valence-corrected chi connectivity index (χ3v) is 5.51. The Balaban J connectivity index is 1.91. The number of rotatable bonds is 6. The van der Waals surface area contributed by atoms with Gasteiger partial charge in [-0.3, -0.25) is 19.2 Å². The first-order chi connectivity index (χ1) is 14.7. The van der Waals surface area contributed by atoms with Gasteiger partial charge in [-0.2, -0.15) is 0 Å². The largest absolute Gasteiger partial charge is 0.469 e. The molecule has 0 aliphatic carbocycles. The van der Waals surface area contributed by atoms with E-state index in [1.54, 1.807) is 19.1 Å². The fourth-order valence-corrected chi connectivity index (χ4v) is 3.70. The van der Waals surface area contributed by atoms with Crippen molar-refractivity contribution in [2.75, 3.05) is 25.1 Å². The molecule has 0 N–H and O–H groups in total. The first-order valence-corrected chi connectivity index (χ1v) is 10.2. The predicted octanol–water partition coefficient (Wildman–Crippen LogP) is 3.38. The normalized spacial score (nSPS) is 13.8. The molecule has 1 unspecified atom stereocenters. The van der Waals surface area contributed by atoms with E-state index in [1.165, 1.54) is 24.1 Å². The maximum Gasteiger partial charge on any atom is 0.310 e. The van der Waals surface area contributed by atoms with Crippen molar-refractivity contribution in [3.8, 4) is 0 Å². The number of imide groups is 1. The van der Waals surface area contributed by atoms with Crippen LogP contribution in [-0.4, -0.2) is 48.8 Å². The highest BCUT2D eigenvalue weighted by atomic mass is 16.5. The van der Waals surface area contributed by atoms with Crippen molar-refractivity contribution in [2.45, 2.75) is 27.7 Å². The minimum absolute atomic E-state index is 0.195. The van der Waals surface area contributed by atoms with Crippen LogP contribution in [0.5, 0.6) is 0 Å². The number of esters is 1. The fraction of sp³-hybridized carbons (Fsp3) is 0.333. The highest BCUT2D eigenvalue weighted by Crippen LogP contribution is 2.32. The molecular formula is C24H26N2O5. The van der Waals surface area contributed by atoms with E-state index in [1.807, 2.05) is 32.9 Å². The molecule has 2 aromatic rings. The number of carbonyl (C=O) groups excluding carboxylic acids is 4. The third kappa shape index (κ3) is 4.08. The van der Waals surface area contributed by atoms with E-state index in [2.05, 4.69) is 0 Å². The van der Waals surface area contributed by atoms with Gasteiger partial charge in [-0.25, -0.2) is 4.90 Å². The van der Waals surface area contributed by atoms with Crippen LogP contribution >= 0.6 is 0 Å². The number of benzene rings is 2. The fourth-order valence-electron chi connectivity index (χ4n) is 3.70. The van der Waals surface area contributed by atoms with Crippen LogP contribution in [0.25, 0.3) is 0 Å². The number of anilines is 1. The van der Waals surface area contributed by atoms with E-state index in [-0.39, 0.29) is 23.6 Å². The summed E-state index contributed by atoms with van der Waals surface area (Å²) in [5, 5.41) is 0. The summed E-state index contributed by atoms with van der Waals surface area (Å²) in [4.78, 5) is 53.5. The summed E-state index contributed by atoms with van der Waals surface area (Å²) in [5.41, 5.74) is 3.06. The van der Waals surface area contributed by atoms with Crippen LogP contribution in [0, 0.1) is 19.8 Å². The topological polar surface area (TPSA) is 84.0 Å². The lowest BCUT2D eigenvalue weighted by Crippen LogP contribution is -2.37. The summed E-state index contributed by atoms with van der Waals surface area (Å²) in [7, 11) is 1.31. The molecule has 1 heterocycles. The number of hydrogen-bond donors (Lipinski definition) is 0. The van der Waals surface area contributed by atoms with Crippen LogP contribution in [0.4, 0.5) is 5.69 Å². The second-order valence-electron chi connectivity index (χ2n) is 7.76. The van der Waals surface area contributed by atoms with Gasteiger partial charge in [0.15, 0.2) is 0 Å². The average molecular weight is 422 g/mol. The molecule has 162 valence electrons. The first kappa shape index (κ1) is 22.2. The third-order valence-electron chi connectivity index (χ3n) is 5.51. The molecular weight excluding hydrogens is 396 g/mol. The van der Waals surface area contributed by atoms with Crippen molar-refractivity contribution in [3.63, 3.8) is 0 Å². The second kappa shape index (κ2) is 8.71. The van der Waals surface area contributed by atoms with Gasteiger partial charge in [0.05, 0.1) is 29.8 Å². The number of methoxy groups -OCH3 is 1. The van der Waals surface area contributed by atoms with Gasteiger partial charge < -0.3 is 9.64 Å². The summed E-state index contributed by atoms with van der Waals surface area (Å²) < 4.78 is 4.74. The maximum absolute atomic E-state index is 13.1. The van der Waals surface area contributed by atoms with Crippen molar-refractivity contribution < 1.29 is 23.9 Å². The van der Waals surface area contributed by atoms with Gasteiger partial charge in [0.2, 0.25) is 0 Å². The Kier molecular flexibility index (Phi) is 6.24. The Morgan fingerprint density at radius 3 is 2.35 bits per heavy atom. The van der Waals surface area contributed by atoms with Crippen molar-refractivity contribution in [2.24, 2.45) is 5.92 Å². The molecule has 1 aliphatic heterocycles. The van der Waals surface area contributed by atoms with Crippen molar-refractivity contribution in [1.82, 2.24) is 4.90 Å². The molecule has 2 aromatic carbocycles. The lowest BCUT2D eigenvalue weighted by molar-refractivity contribution is -0.145. The van der Waals surface area contributed by atoms with Crippen LogP contribution < -0.4 is 4.90 Å². The molecule has 3 rings (SSSR count). The summed E-state index contributed by atoms with van der Waals surface area (Å²) in [6.07, 6.45) is 0. The number of nitrogens with zero attached hydrogens (tertiary/aromatic N) is 2. The molecule has 0 spiro atoms. The van der Waals surface area contributed by atoms with Crippen molar-refractivity contribution in [3.05, 3.63) is 64.2 Å². The molecule has 0 fully saturated rings. The summed E-state index contributed by atoms with van der Waals surface area (Å²) in [5.74, 6) is -2.04. The number of fused-ring (bicyclic) bond motifs is 1. The summed E-state index contributed by atoms with van der Waals surface area (Å²) >= 11 is 0. The summed E-state index contributed by atoms with van der Waals surface area (Å²) in [6, 6.07) is 10.1. The molecule has 1 atom stereocenters. The lowest BCUT2D eigenvalue weighted by atomic mass is 10.0. The van der Waals surface area contributed by atoms with Crippen LogP contribution in [0.2, 0.25) is 0 Å². The highest BCUT2D eigenvalue weighted by Gasteiger charge is 2.38. The Morgan fingerprint density at radius 2 is 1.71 bits per heavy atom. The quantitative estimate of drug-likeness (QED) is 0.526. The van der Waals surface area contributed by atoms with Gasteiger partial charge in [-0.05, 0) is 56.2 Å². The molecule has 0 bridgehead atoms. The van der Waals surface area contributed by atoms with Crippen LogP contribution in [0.1, 0.15) is 56.0 Å². The zero-order valence-corrected chi connectivity index (χ0v) is 18.4. The molecule has 3 amide bonds. The monoisotopic (exact) mass is 422 g/mol. The van der Waals surface area contributed by atoms with Gasteiger partial charge in [0, 0.05) is 18.7 Å². The highest BCUT2D eigenvalue weighted by molar-refractivity contribution is 6.35. The van der Waals surface area contributed by atoms with Gasteiger partial charge in [0.1, 0.15) is 0 Å². The Hall–Kier alpha value is -3.48. The number of aryl methyl sites for hydroxylation is 2. The molecule has 0 radical (unpaired) electrons. The first-order valence-electron chi connectivity index (χ1n) is 10.2. The van der Waals surface area contributed by atoms with Crippen molar-refractivity contribution in [1.29, 1.82) is 0 Å². The van der Waals surface area contributed by atoms with E-state index in [0.717, 1.165) is 16.0 Å². The minimum atomic E-state index is -0.480. The van der Waals surface area contributed by atoms with E-state index in [9.17, 15) is 19.2 Å². The van der Waals surface area contributed by atoms with Crippen LogP contribution in [0.15, 0.2) is 36.4 Å². The second-order valence-corrected chi connectivity index (χ2v) is 7.76. The van der Waals surface area contributed by atoms with Gasteiger partial charge >= 0.3 is 5.97 Å². The van der Waals surface area contributed by atoms with Gasteiger partial charge in [-0.1, -0.05) is 19.1 Å². The average Bonchev–Trinajstić information content (AvgIpc) is 3.01. The number of ether oxygens (including phenoxy) is 1.